The molecule has 0 radical (unpaired) electrons. The van der Waals surface area contributed by atoms with E-state index in [4.69, 9.17) is 0 Å². The molecule has 0 aromatic heterocycles. The summed E-state index contributed by atoms with van der Waals surface area (Å²) in [4.78, 5) is 2.78. The van der Waals surface area contributed by atoms with Gasteiger partial charge in [-0.05, 0) is 30.2 Å². The highest BCUT2D eigenvalue weighted by atomic mass is 15.2. The van der Waals surface area contributed by atoms with Crippen molar-refractivity contribution >= 4 is 0 Å². The van der Waals surface area contributed by atoms with Crippen LogP contribution in [0.5, 0.6) is 0 Å². The average molecular weight is 272 g/mol. The van der Waals surface area contributed by atoms with E-state index in [9.17, 15) is 0 Å². The average Bonchev–Trinajstić information content (AvgIpc) is 3.31. The Hall–Kier alpha value is -0.860. The second kappa shape index (κ2) is 6.28. The Labute approximate surface area is 123 Å². The van der Waals surface area contributed by atoms with Crippen LogP contribution in [-0.4, -0.2) is 30.6 Å². The summed E-state index contributed by atoms with van der Waals surface area (Å²) in [5.74, 6) is 1.77. The molecule has 1 saturated heterocycles. The fourth-order valence-electron chi connectivity index (χ4n) is 3.41. The van der Waals surface area contributed by atoms with Gasteiger partial charge in [-0.1, -0.05) is 50.6 Å². The maximum atomic E-state index is 3.78. The Bertz CT molecular complexity index is 413. The zero-order valence-corrected chi connectivity index (χ0v) is 12.9. The third kappa shape index (κ3) is 3.24. The first-order chi connectivity index (χ1) is 9.78. The van der Waals surface area contributed by atoms with Gasteiger partial charge in [-0.3, -0.25) is 4.90 Å². The minimum atomic E-state index is 0.509. The van der Waals surface area contributed by atoms with E-state index in [0.717, 1.165) is 24.4 Å². The molecule has 2 aliphatic rings. The lowest BCUT2D eigenvalue weighted by molar-refractivity contribution is 0.0866. The molecule has 1 aliphatic carbocycles. The zero-order valence-electron chi connectivity index (χ0n) is 12.9. The molecule has 2 nitrogen and oxygen atoms in total. The van der Waals surface area contributed by atoms with E-state index >= 15 is 0 Å². The summed E-state index contributed by atoms with van der Waals surface area (Å²) in [7, 11) is 0. The van der Waals surface area contributed by atoms with Crippen LogP contribution in [-0.2, 0) is 0 Å². The maximum absolute atomic E-state index is 3.78. The summed E-state index contributed by atoms with van der Waals surface area (Å²) in [5.41, 5.74) is 1.44. The van der Waals surface area contributed by atoms with Crippen LogP contribution in [0.1, 0.15) is 44.7 Å². The van der Waals surface area contributed by atoms with Crippen LogP contribution in [0.15, 0.2) is 30.3 Å². The van der Waals surface area contributed by atoms with Crippen LogP contribution in [0.25, 0.3) is 0 Å². The molecule has 1 saturated carbocycles. The van der Waals surface area contributed by atoms with Gasteiger partial charge in [-0.15, -0.1) is 0 Å². The van der Waals surface area contributed by atoms with E-state index in [-0.39, 0.29) is 0 Å². The van der Waals surface area contributed by atoms with Gasteiger partial charge in [0, 0.05) is 31.7 Å². The topological polar surface area (TPSA) is 15.3 Å². The van der Waals surface area contributed by atoms with Gasteiger partial charge in [0.15, 0.2) is 0 Å². The van der Waals surface area contributed by atoms with E-state index in [1.54, 1.807) is 0 Å². The molecule has 1 heterocycles. The highest BCUT2D eigenvalue weighted by Gasteiger charge is 2.34. The van der Waals surface area contributed by atoms with Gasteiger partial charge < -0.3 is 5.32 Å². The van der Waals surface area contributed by atoms with Gasteiger partial charge in [0.2, 0.25) is 0 Å². The number of nitrogens with zero attached hydrogens (tertiary/aromatic N) is 1. The molecule has 1 aliphatic heterocycles. The lowest BCUT2D eigenvalue weighted by atomic mass is 9.92. The monoisotopic (exact) mass is 272 g/mol. The molecule has 3 rings (SSSR count). The molecular weight excluding hydrogens is 244 g/mol. The number of rotatable bonds is 5. The first-order valence-corrected chi connectivity index (χ1v) is 8.30. The summed E-state index contributed by atoms with van der Waals surface area (Å²) in [6.07, 6.45) is 4.18. The lowest BCUT2D eigenvalue weighted by Gasteiger charge is -2.43. The third-order valence-corrected chi connectivity index (χ3v) is 5.15. The lowest BCUT2D eigenvalue weighted by Crippen LogP contribution is -2.55. The van der Waals surface area contributed by atoms with Crippen LogP contribution in [0.3, 0.4) is 0 Å². The van der Waals surface area contributed by atoms with Crippen molar-refractivity contribution in [3.63, 3.8) is 0 Å². The summed E-state index contributed by atoms with van der Waals surface area (Å²) >= 11 is 0. The van der Waals surface area contributed by atoms with Gasteiger partial charge >= 0.3 is 0 Å². The van der Waals surface area contributed by atoms with Crippen molar-refractivity contribution in [2.75, 3.05) is 19.6 Å². The SMILES string of the molecule is CCC(C)C1CNC(c2ccccc2)CN1CC1CC1. The number of benzene rings is 1. The molecule has 1 aromatic rings. The molecule has 110 valence electrons. The van der Waals surface area contributed by atoms with Crippen molar-refractivity contribution < 1.29 is 0 Å². The zero-order chi connectivity index (χ0) is 13.9. The number of hydrogen-bond donors (Lipinski definition) is 1. The molecular formula is C18H28N2. The van der Waals surface area contributed by atoms with E-state index in [2.05, 4.69) is 54.4 Å². The second-order valence-corrected chi connectivity index (χ2v) is 6.72. The van der Waals surface area contributed by atoms with Crippen LogP contribution < -0.4 is 5.32 Å². The van der Waals surface area contributed by atoms with Gasteiger partial charge in [-0.2, -0.15) is 0 Å². The van der Waals surface area contributed by atoms with Crippen molar-refractivity contribution in [2.24, 2.45) is 11.8 Å². The van der Waals surface area contributed by atoms with Crippen LogP contribution >= 0.6 is 0 Å². The predicted octanol–water partition coefficient (Wildman–Crippen LogP) is 3.46. The molecule has 2 fully saturated rings. The molecule has 1 aromatic carbocycles. The molecule has 2 heteroatoms. The Morgan fingerprint density at radius 2 is 2.00 bits per heavy atom. The van der Waals surface area contributed by atoms with Gasteiger partial charge in [0.25, 0.3) is 0 Å². The largest absolute Gasteiger partial charge is 0.307 e. The van der Waals surface area contributed by atoms with Crippen molar-refractivity contribution in [1.29, 1.82) is 0 Å². The smallest absolute Gasteiger partial charge is 0.0449 e. The Morgan fingerprint density at radius 1 is 1.25 bits per heavy atom. The van der Waals surface area contributed by atoms with Gasteiger partial charge in [0.1, 0.15) is 0 Å². The molecule has 20 heavy (non-hydrogen) atoms. The van der Waals surface area contributed by atoms with Crippen molar-refractivity contribution in [2.45, 2.75) is 45.2 Å². The summed E-state index contributed by atoms with van der Waals surface area (Å²) in [6.45, 7) is 8.37. The van der Waals surface area contributed by atoms with E-state index in [1.807, 2.05) is 0 Å². The normalized spacial score (nSPS) is 29.3. The minimum Gasteiger partial charge on any atom is -0.307 e. The van der Waals surface area contributed by atoms with Crippen molar-refractivity contribution in [3.05, 3.63) is 35.9 Å². The van der Waals surface area contributed by atoms with Crippen molar-refractivity contribution in [1.82, 2.24) is 10.2 Å². The van der Waals surface area contributed by atoms with Crippen LogP contribution in [0.4, 0.5) is 0 Å². The Morgan fingerprint density at radius 3 is 2.65 bits per heavy atom. The standard InChI is InChI=1S/C18H28N2/c1-3-14(2)18-11-19-17(16-7-5-4-6-8-16)13-20(18)12-15-9-10-15/h4-8,14-15,17-19H,3,9-13H2,1-2H3. The third-order valence-electron chi connectivity index (χ3n) is 5.15. The summed E-state index contributed by atoms with van der Waals surface area (Å²) in [5, 5.41) is 3.78. The second-order valence-electron chi connectivity index (χ2n) is 6.72. The Kier molecular flexibility index (Phi) is 4.42. The predicted molar refractivity (Wildman–Crippen MR) is 84.7 cm³/mol. The molecule has 0 spiro atoms. The number of piperazine rings is 1. The first kappa shape index (κ1) is 14.1. The molecule has 0 amide bonds. The molecule has 0 bridgehead atoms. The number of hydrogen-bond acceptors (Lipinski definition) is 2. The van der Waals surface area contributed by atoms with E-state index in [0.29, 0.717) is 6.04 Å². The maximum Gasteiger partial charge on any atom is 0.0449 e. The van der Waals surface area contributed by atoms with E-state index in [1.165, 1.54) is 37.9 Å². The highest BCUT2D eigenvalue weighted by Crippen LogP contribution is 2.33. The van der Waals surface area contributed by atoms with Crippen LogP contribution in [0, 0.1) is 11.8 Å². The molecule has 1 N–H and O–H groups in total. The number of nitrogens with one attached hydrogen (secondary N) is 1. The van der Waals surface area contributed by atoms with Crippen LogP contribution in [0.2, 0.25) is 0 Å². The van der Waals surface area contributed by atoms with Gasteiger partial charge in [0.05, 0.1) is 0 Å². The highest BCUT2D eigenvalue weighted by molar-refractivity contribution is 5.20. The Balaban J connectivity index is 1.69. The van der Waals surface area contributed by atoms with E-state index < -0.39 is 0 Å². The molecule has 3 unspecified atom stereocenters. The quantitative estimate of drug-likeness (QED) is 0.883. The minimum absolute atomic E-state index is 0.509. The fourth-order valence-corrected chi connectivity index (χ4v) is 3.41. The van der Waals surface area contributed by atoms with Gasteiger partial charge in [-0.25, -0.2) is 0 Å². The fraction of sp³-hybridized carbons (Fsp3) is 0.667. The summed E-state index contributed by atoms with van der Waals surface area (Å²) in [6, 6.07) is 12.2. The molecule has 3 atom stereocenters. The van der Waals surface area contributed by atoms with Crippen molar-refractivity contribution in [3.8, 4) is 0 Å². The summed E-state index contributed by atoms with van der Waals surface area (Å²) < 4.78 is 0. The first-order valence-electron chi connectivity index (χ1n) is 8.30.